The Morgan fingerprint density at radius 2 is 2.09 bits per heavy atom. The van der Waals surface area contributed by atoms with Crippen molar-refractivity contribution in [2.75, 3.05) is 11.9 Å². The van der Waals surface area contributed by atoms with E-state index in [0.29, 0.717) is 17.8 Å². The van der Waals surface area contributed by atoms with E-state index < -0.39 is 0 Å². The first-order chi connectivity index (χ1) is 11.1. The van der Waals surface area contributed by atoms with Crippen molar-refractivity contribution in [3.63, 3.8) is 0 Å². The van der Waals surface area contributed by atoms with Crippen molar-refractivity contribution in [1.82, 2.24) is 14.9 Å². The van der Waals surface area contributed by atoms with E-state index in [1.807, 2.05) is 17.1 Å². The molecule has 0 bridgehead atoms. The molecule has 0 radical (unpaired) electrons. The Morgan fingerprint density at radius 3 is 2.83 bits per heavy atom. The number of nitrogens with one attached hydrogen (secondary N) is 2. The molecule has 2 N–H and O–H groups in total. The minimum absolute atomic E-state index is 0.119. The topological polar surface area (TPSA) is 76.0 Å². The maximum absolute atomic E-state index is 12.1. The molecule has 1 heterocycles. The quantitative estimate of drug-likeness (QED) is 0.735. The molecule has 0 atom stereocenters. The predicted octanol–water partition coefficient (Wildman–Crippen LogP) is 2.44. The number of aryl methyl sites for hydroxylation is 1. The Hall–Kier alpha value is -2.63. The summed E-state index contributed by atoms with van der Waals surface area (Å²) < 4.78 is 2.05. The van der Waals surface area contributed by atoms with Gasteiger partial charge in [-0.3, -0.25) is 9.59 Å². The van der Waals surface area contributed by atoms with E-state index in [2.05, 4.69) is 15.6 Å². The van der Waals surface area contributed by atoms with Crippen LogP contribution >= 0.6 is 0 Å². The number of carbonyl (C=O) groups is 2. The van der Waals surface area contributed by atoms with Crippen molar-refractivity contribution in [3.8, 4) is 0 Å². The van der Waals surface area contributed by atoms with Crippen molar-refractivity contribution in [3.05, 3.63) is 48.5 Å². The molecule has 6 nitrogen and oxygen atoms in total. The number of hydrogen-bond donors (Lipinski definition) is 2. The number of carbonyl (C=O) groups excluding carboxylic acids is 2. The molecule has 0 aliphatic rings. The van der Waals surface area contributed by atoms with Crippen molar-refractivity contribution in [2.45, 2.75) is 32.7 Å². The fraction of sp³-hybridized carbons (Fsp3) is 0.353. The molecule has 0 aliphatic carbocycles. The molecule has 122 valence electrons. The second kappa shape index (κ2) is 8.73. The minimum Gasteiger partial charge on any atom is -0.352 e. The van der Waals surface area contributed by atoms with Crippen LogP contribution < -0.4 is 10.6 Å². The van der Waals surface area contributed by atoms with Gasteiger partial charge in [-0.1, -0.05) is 6.07 Å². The van der Waals surface area contributed by atoms with Crippen LogP contribution in [0.5, 0.6) is 0 Å². The third kappa shape index (κ3) is 5.94. The van der Waals surface area contributed by atoms with Gasteiger partial charge in [-0.25, -0.2) is 4.98 Å². The maximum Gasteiger partial charge on any atom is 0.251 e. The Kier molecular flexibility index (Phi) is 6.35. The molecule has 0 saturated heterocycles. The monoisotopic (exact) mass is 314 g/mol. The Morgan fingerprint density at radius 1 is 1.22 bits per heavy atom. The Labute approximate surface area is 135 Å². The average Bonchev–Trinajstić information content (AvgIpc) is 3.03. The van der Waals surface area contributed by atoms with Gasteiger partial charge in [-0.05, 0) is 37.5 Å². The van der Waals surface area contributed by atoms with E-state index in [9.17, 15) is 9.59 Å². The lowest BCUT2D eigenvalue weighted by Crippen LogP contribution is -2.24. The number of unbranched alkanes of at least 4 members (excludes halogenated alkanes) is 2. The molecule has 0 aliphatic heterocycles. The highest BCUT2D eigenvalue weighted by atomic mass is 16.2. The van der Waals surface area contributed by atoms with Gasteiger partial charge < -0.3 is 15.2 Å². The second-order valence-electron chi connectivity index (χ2n) is 5.38. The summed E-state index contributed by atoms with van der Waals surface area (Å²) in [6.45, 7) is 3.04. The highest BCUT2D eigenvalue weighted by molar-refractivity contribution is 5.96. The van der Waals surface area contributed by atoms with Gasteiger partial charge in [-0.15, -0.1) is 0 Å². The average molecular weight is 314 g/mol. The predicted molar refractivity (Wildman–Crippen MR) is 89.2 cm³/mol. The van der Waals surface area contributed by atoms with Crippen molar-refractivity contribution in [2.24, 2.45) is 0 Å². The number of aromatic nitrogens is 2. The molecule has 0 unspecified atom stereocenters. The lowest BCUT2D eigenvalue weighted by Gasteiger charge is -2.07. The lowest BCUT2D eigenvalue weighted by molar-refractivity contribution is -0.114. The summed E-state index contributed by atoms with van der Waals surface area (Å²) in [7, 11) is 0. The van der Waals surface area contributed by atoms with Crippen LogP contribution in [-0.2, 0) is 11.3 Å². The van der Waals surface area contributed by atoms with Gasteiger partial charge in [0.05, 0.1) is 6.33 Å². The molecule has 23 heavy (non-hydrogen) atoms. The smallest absolute Gasteiger partial charge is 0.251 e. The largest absolute Gasteiger partial charge is 0.352 e. The molecule has 2 amide bonds. The molecular formula is C17H22N4O2. The van der Waals surface area contributed by atoms with Crippen LogP contribution in [-0.4, -0.2) is 27.9 Å². The van der Waals surface area contributed by atoms with Crippen molar-refractivity contribution < 1.29 is 9.59 Å². The van der Waals surface area contributed by atoms with Crippen molar-refractivity contribution in [1.29, 1.82) is 0 Å². The summed E-state index contributed by atoms with van der Waals surface area (Å²) in [6, 6.07) is 6.93. The number of imidazole rings is 1. The molecule has 1 aromatic heterocycles. The zero-order chi connectivity index (χ0) is 16.5. The lowest BCUT2D eigenvalue weighted by atomic mass is 10.1. The standard InChI is InChI=1S/C17H22N4O2/c1-14(22)20-16-7-5-6-15(12-16)17(23)19-8-3-2-4-10-21-11-9-18-13-21/h5-7,9,11-13H,2-4,8,10H2,1H3,(H,19,23)(H,20,22). The molecule has 2 aromatic rings. The van der Waals surface area contributed by atoms with E-state index in [1.54, 1.807) is 30.5 Å². The van der Waals surface area contributed by atoms with Crippen molar-refractivity contribution >= 4 is 17.5 Å². The molecule has 2 rings (SSSR count). The summed E-state index contributed by atoms with van der Waals surface area (Å²) in [6.07, 6.45) is 8.57. The first-order valence-corrected chi connectivity index (χ1v) is 7.77. The molecular weight excluding hydrogens is 292 g/mol. The molecule has 6 heteroatoms. The summed E-state index contributed by atoms with van der Waals surface area (Å²) >= 11 is 0. The zero-order valence-corrected chi connectivity index (χ0v) is 13.3. The van der Waals surface area contributed by atoms with E-state index in [-0.39, 0.29) is 11.8 Å². The van der Waals surface area contributed by atoms with Crippen LogP contribution in [0.3, 0.4) is 0 Å². The van der Waals surface area contributed by atoms with Gasteiger partial charge in [0.25, 0.3) is 5.91 Å². The molecule has 0 fully saturated rings. The van der Waals surface area contributed by atoms with E-state index in [1.165, 1.54) is 6.92 Å². The Balaban J connectivity index is 1.67. The number of benzene rings is 1. The van der Waals surface area contributed by atoms with E-state index in [0.717, 1.165) is 25.8 Å². The minimum atomic E-state index is -0.152. The number of anilines is 1. The van der Waals surface area contributed by atoms with Gasteiger partial charge in [0.15, 0.2) is 0 Å². The van der Waals surface area contributed by atoms with Crippen LogP contribution in [0.15, 0.2) is 43.0 Å². The third-order valence-electron chi connectivity index (χ3n) is 3.38. The summed E-state index contributed by atoms with van der Waals surface area (Å²) in [5.74, 6) is -0.271. The van der Waals surface area contributed by atoms with E-state index >= 15 is 0 Å². The first kappa shape index (κ1) is 16.7. The molecule has 0 saturated carbocycles. The number of nitrogens with zero attached hydrogens (tertiary/aromatic N) is 2. The van der Waals surface area contributed by atoms with Crippen LogP contribution in [0, 0.1) is 0 Å². The number of rotatable bonds is 8. The van der Waals surface area contributed by atoms with Gasteiger partial charge >= 0.3 is 0 Å². The maximum atomic E-state index is 12.1. The summed E-state index contributed by atoms with van der Waals surface area (Å²) in [5, 5.41) is 5.57. The fourth-order valence-electron chi connectivity index (χ4n) is 2.26. The van der Waals surface area contributed by atoms with Gasteiger partial charge in [-0.2, -0.15) is 0 Å². The van der Waals surface area contributed by atoms with Gasteiger partial charge in [0.2, 0.25) is 5.91 Å². The summed E-state index contributed by atoms with van der Waals surface area (Å²) in [4.78, 5) is 27.1. The molecule has 1 aromatic carbocycles. The summed E-state index contributed by atoms with van der Waals surface area (Å²) in [5.41, 5.74) is 1.18. The first-order valence-electron chi connectivity index (χ1n) is 7.77. The fourth-order valence-corrected chi connectivity index (χ4v) is 2.26. The SMILES string of the molecule is CC(=O)Nc1cccc(C(=O)NCCCCCn2ccnc2)c1. The number of hydrogen-bond acceptors (Lipinski definition) is 3. The molecule has 0 spiro atoms. The van der Waals surface area contributed by atoms with Crippen LogP contribution in [0.4, 0.5) is 5.69 Å². The van der Waals surface area contributed by atoms with Crippen LogP contribution in [0.1, 0.15) is 36.5 Å². The van der Waals surface area contributed by atoms with Crippen LogP contribution in [0.25, 0.3) is 0 Å². The number of amides is 2. The van der Waals surface area contributed by atoms with E-state index in [4.69, 9.17) is 0 Å². The second-order valence-corrected chi connectivity index (χ2v) is 5.38. The normalized spacial score (nSPS) is 10.3. The zero-order valence-electron chi connectivity index (χ0n) is 13.3. The highest BCUT2D eigenvalue weighted by Gasteiger charge is 2.06. The van der Waals surface area contributed by atoms with Crippen LogP contribution in [0.2, 0.25) is 0 Å². The third-order valence-corrected chi connectivity index (χ3v) is 3.38. The Bertz CT molecular complexity index is 638. The highest BCUT2D eigenvalue weighted by Crippen LogP contribution is 2.10. The van der Waals surface area contributed by atoms with Gasteiger partial charge in [0.1, 0.15) is 0 Å². The van der Waals surface area contributed by atoms with Gasteiger partial charge in [0, 0.05) is 43.7 Å².